The van der Waals surface area contributed by atoms with Gasteiger partial charge in [-0.1, -0.05) is 5.16 Å². The molecule has 1 aliphatic carbocycles. The summed E-state index contributed by atoms with van der Waals surface area (Å²) in [6, 6.07) is 0. The Hall–Kier alpha value is -1.54. The standard InChI is InChI=1S/C14H15N3O3S2/c15-12-11(8-3-4-21-6-9(8)22-12)14(18)19-5-10-16-13(20-17-10)7-1-2-7/h7H,1-6,15H2. The Morgan fingerprint density at radius 3 is 3.14 bits per heavy atom. The molecule has 3 heterocycles. The van der Waals surface area contributed by atoms with Crippen LogP contribution in [0.2, 0.25) is 0 Å². The fourth-order valence-electron chi connectivity index (χ4n) is 2.50. The van der Waals surface area contributed by atoms with Crippen molar-refractivity contribution in [3.8, 4) is 0 Å². The molecule has 0 atom stereocenters. The molecule has 116 valence electrons. The van der Waals surface area contributed by atoms with E-state index in [1.165, 1.54) is 16.2 Å². The summed E-state index contributed by atoms with van der Waals surface area (Å²) >= 11 is 3.35. The van der Waals surface area contributed by atoms with Gasteiger partial charge in [0.2, 0.25) is 11.7 Å². The largest absolute Gasteiger partial charge is 0.454 e. The van der Waals surface area contributed by atoms with Crippen molar-refractivity contribution >= 4 is 34.1 Å². The zero-order valence-electron chi connectivity index (χ0n) is 11.8. The van der Waals surface area contributed by atoms with Crippen molar-refractivity contribution in [3.05, 3.63) is 27.7 Å². The van der Waals surface area contributed by atoms with Gasteiger partial charge in [0.15, 0.2) is 6.61 Å². The highest BCUT2D eigenvalue weighted by atomic mass is 32.2. The Bertz CT molecular complexity index is 721. The van der Waals surface area contributed by atoms with Crippen LogP contribution in [0.1, 0.15) is 51.3 Å². The molecule has 8 heteroatoms. The molecular formula is C14H15N3O3S2. The Kier molecular flexibility index (Phi) is 3.57. The fraction of sp³-hybridized carbons (Fsp3) is 0.500. The molecule has 1 aliphatic heterocycles. The van der Waals surface area contributed by atoms with Crippen LogP contribution in [0.15, 0.2) is 4.52 Å². The molecule has 0 unspecified atom stereocenters. The molecule has 0 spiro atoms. The third-order valence-corrected chi connectivity index (χ3v) is 6.02. The van der Waals surface area contributed by atoms with Gasteiger partial charge < -0.3 is 15.0 Å². The molecule has 2 aromatic heterocycles. The number of thiophene rings is 1. The maximum absolute atomic E-state index is 12.3. The molecule has 0 radical (unpaired) electrons. The first kappa shape index (κ1) is 14.1. The van der Waals surface area contributed by atoms with E-state index in [1.807, 2.05) is 11.8 Å². The first-order valence-corrected chi connectivity index (χ1v) is 9.17. The lowest BCUT2D eigenvalue weighted by Gasteiger charge is -2.11. The van der Waals surface area contributed by atoms with Gasteiger partial charge in [-0.15, -0.1) is 11.3 Å². The van der Waals surface area contributed by atoms with E-state index in [0.29, 0.717) is 28.2 Å². The lowest BCUT2D eigenvalue weighted by molar-refractivity contribution is 0.0460. The molecule has 6 nitrogen and oxygen atoms in total. The van der Waals surface area contributed by atoms with Gasteiger partial charge in [-0.2, -0.15) is 16.7 Å². The van der Waals surface area contributed by atoms with Crippen LogP contribution in [0, 0.1) is 0 Å². The van der Waals surface area contributed by atoms with Gasteiger partial charge in [-0.25, -0.2) is 4.79 Å². The number of aromatic nitrogens is 2. The quantitative estimate of drug-likeness (QED) is 0.858. The van der Waals surface area contributed by atoms with Crippen LogP contribution in [-0.4, -0.2) is 21.9 Å². The van der Waals surface area contributed by atoms with E-state index in [4.69, 9.17) is 15.0 Å². The number of nitrogen functional groups attached to an aromatic ring is 1. The van der Waals surface area contributed by atoms with Gasteiger partial charge >= 0.3 is 5.97 Å². The highest BCUT2D eigenvalue weighted by molar-refractivity contribution is 7.98. The predicted molar refractivity (Wildman–Crippen MR) is 84.0 cm³/mol. The molecule has 2 aliphatic rings. The number of rotatable bonds is 4. The first-order valence-electron chi connectivity index (χ1n) is 7.19. The Morgan fingerprint density at radius 2 is 2.32 bits per heavy atom. The monoisotopic (exact) mass is 337 g/mol. The normalized spacial score (nSPS) is 17.3. The Morgan fingerprint density at radius 1 is 1.45 bits per heavy atom. The number of ether oxygens (including phenoxy) is 1. The second kappa shape index (κ2) is 5.58. The van der Waals surface area contributed by atoms with Gasteiger partial charge in [0.25, 0.3) is 0 Å². The van der Waals surface area contributed by atoms with Crippen LogP contribution in [0.25, 0.3) is 0 Å². The van der Waals surface area contributed by atoms with E-state index in [2.05, 4.69) is 10.1 Å². The summed E-state index contributed by atoms with van der Waals surface area (Å²) in [6.45, 7) is 0.0217. The minimum atomic E-state index is -0.389. The zero-order chi connectivity index (χ0) is 15.1. The van der Waals surface area contributed by atoms with E-state index >= 15 is 0 Å². The number of nitrogens with zero attached hydrogens (tertiary/aromatic N) is 2. The third kappa shape index (κ3) is 2.61. The number of carbonyl (C=O) groups excluding carboxylic acids is 1. The number of hydrogen-bond acceptors (Lipinski definition) is 8. The summed E-state index contributed by atoms with van der Waals surface area (Å²) in [6.07, 6.45) is 3.06. The minimum Gasteiger partial charge on any atom is -0.454 e. The van der Waals surface area contributed by atoms with Crippen LogP contribution in [-0.2, 0) is 23.5 Å². The molecular weight excluding hydrogens is 322 g/mol. The topological polar surface area (TPSA) is 91.2 Å². The van der Waals surface area contributed by atoms with Gasteiger partial charge in [0.05, 0.1) is 5.56 Å². The lowest BCUT2D eigenvalue weighted by atomic mass is 10.1. The number of carbonyl (C=O) groups is 1. The van der Waals surface area contributed by atoms with Crippen LogP contribution in [0.4, 0.5) is 5.00 Å². The molecule has 2 N–H and O–H groups in total. The van der Waals surface area contributed by atoms with Crippen molar-refractivity contribution in [3.63, 3.8) is 0 Å². The smallest absolute Gasteiger partial charge is 0.341 e. The van der Waals surface area contributed by atoms with Crippen molar-refractivity contribution in [2.24, 2.45) is 0 Å². The second-order valence-electron chi connectivity index (χ2n) is 5.44. The van der Waals surface area contributed by atoms with E-state index in [1.54, 1.807) is 0 Å². The van der Waals surface area contributed by atoms with E-state index in [9.17, 15) is 4.79 Å². The number of fused-ring (bicyclic) bond motifs is 1. The number of anilines is 1. The average molecular weight is 337 g/mol. The molecule has 4 rings (SSSR count). The van der Waals surface area contributed by atoms with E-state index in [0.717, 1.165) is 36.3 Å². The summed E-state index contributed by atoms with van der Waals surface area (Å²) in [7, 11) is 0. The van der Waals surface area contributed by atoms with Gasteiger partial charge in [0.1, 0.15) is 5.00 Å². The number of esters is 1. The highest BCUT2D eigenvalue weighted by Gasteiger charge is 2.30. The summed E-state index contributed by atoms with van der Waals surface area (Å²) < 4.78 is 10.5. The van der Waals surface area contributed by atoms with E-state index in [-0.39, 0.29) is 12.6 Å². The van der Waals surface area contributed by atoms with Crippen LogP contribution < -0.4 is 5.73 Å². The van der Waals surface area contributed by atoms with Crippen LogP contribution >= 0.6 is 23.1 Å². The molecule has 0 aromatic carbocycles. The highest BCUT2D eigenvalue weighted by Crippen LogP contribution is 2.39. The number of thioether (sulfide) groups is 1. The lowest BCUT2D eigenvalue weighted by Crippen LogP contribution is -2.11. The van der Waals surface area contributed by atoms with Crippen molar-refractivity contribution in [2.75, 3.05) is 11.5 Å². The van der Waals surface area contributed by atoms with Gasteiger partial charge in [0, 0.05) is 16.5 Å². The van der Waals surface area contributed by atoms with Crippen molar-refractivity contribution in [1.82, 2.24) is 10.1 Å². The predicted octanol–water partition coefficient (Wildman–Crippen LogP) is 2.74. The fourth-order valence-corrected chi connectivity index (χ4v) is 4.74. The number of nitrogens with two attached hydrogens (primary N) is 1. The molecule has 2 aromatic rings. The van der Waals surface area contributed by atoms with Crippen LogP contribution in [0.3, 0.4) is 0 Å². The molecule has 0 amide bonds. The van der Waals surface area contributed by atoms with Gasteiger partial charge in [-0.05, 0) is 30.6 Å². The number of hydrogen-bond donors (Lipinski definition) is 1. The Labute approximate surface area is 135 Å². The summed E-state index contributed by atoms with van der Waals surface area (Å²) in [5.74, 6) is 3.00. The Balaban J connectivity index is 1.46. The molecule has 0 bridgehead atoms. The van der Waals surface area contributed by atoms with Crippen molar-refractivity contribution in [2.45, 2.75) is 37.5 Å². The second-order valence-corrected chi connectivity index (χ2v) is 7.69. The maximum atomic E-state index is 12.3. The molecule has 1 fully saturated rings. The van der Waals surface area contributed by atoms with Crippen molar-refractivity contribution in [1.29, 1.82) is 0 Å². The van der Waals surface area contributed by atoms with E-state index < -0.39 is 0 Å². The molecule has 22 heavy (non-hydrogen) atoms. The van der Waals surface area contributed by atoms with Crippen molar-refractivity contribution < 1.29 is 14.1 Å². The summed E-state index contributed by atoms with van der Waals surface area (Å²) in [5, 5.41) is 4.39. The first-order chi connectivity index (χ1) is 10.7. The summed E-state index contributed by atoms with van der Waals surface area (Å²) in [5.41, 5.74) is 7.59. The molecule has 1 saturated carbocycles. The SMILES string of the molecule is Nc1sc2c(c1C(=O)OCc1noc(C3CC3)n1)CCSC2. The molecule has 0 saturated heterocycles. The van der Waals surface area contributed by atoms with Crippen LogP contribution in [0.5, 0.6) is 0 Å². The van der Waals surface area contributed by atoms with Gasteiger partial charge in [-0.3, -0.25) is 0 Å². The summed E-state index contributed by atoms with van der Waals surface area (Å²) in [4.78, 5) is 17.8. The minimum absolute atomic E-state index is 0.0217. The third-order valence-electron chi connectivity index (χ3n) is 3.79. The maximum Gasteiger partial charge on any atom is 0.341 e. The average Bonchev–Trinajstić information content (AvgIpc) is 3.16. The zero-order valence-corrected chi connectivity index (χ0v) is 13.5.